The van der Waals surface area contributed by atoms with Crippen molar-refractivity contribution < 1.29 is 9.59 Å². The number of carbonyl (C=O) groups excluding carboxylic acids is 2. The van der Waals surface area contributed by atoms with Crippen molar-refractivity contribution in [3.63, 3.8) is 0 Å². The van der Waals surface area contributed by atoms with Crippen LogP contribution in [0.25, 0.3) is 0 Å². The number of halogens is 1. The summed E-state index contributed by atoms with van der Waals surface area (Å²) in [6.07, 6.45) is 3.44. The van der Waals surface area contributed by atoms with Crippen LogP contribution in [0.2, 0.25) is 5.02 Å². The van der Waals surface area contributed by atoms with Crippen LogP contribution < -0.4 is 4.90 Å². The Morgan fingerprint density at radius 1 is 1.00 bits per heavy atom. The van der Waals surface area contributed by atoms with E-state index in [9.17, 15) is 9.59 Å². The largest absolute Gasteiger partial charge is 0.269 e. The molecule has 0 saturated carbocycles. The van der Waals surface area contributed by atoms with E-state index in [0.717, 1.165) is 53.9 Å². The molecule has 0 bridgehead atoms. The molecule has 0 atom stereocenters. The van der Waals surface area contributed by atoms with E-state index in [0.29, 0.717) is 10.7 Å². The van der Waals surface area contributed by atoms with Crippen LogP contribution in [0.3, 0.4) is 0 Å². The minimum Gasteiger partial charge on any atom is -0.269 e. The number of carbonyl (C=O) groups is 2. The Labute approximate surface area is 148 Å². The molecule has 2 amide bonds. The summed E-state index contributed by atoms with van der Waals surface area (Å²) in [5.41, 5.74) is 3.12. The zero-order chi connectivity index (χ0) is 16.0. The van der Waals surface area contributed by atoms with Crippen molar-refractivity contribution in [2.24, 2.45) is 0 Å². The Kier molecular flexibility index (Phi) is 4.20. The molecule has 0 radical (unpaired) electrons. The molecular weight excluding hydrogens is 350 g/mol. The molecule has 1 aliphatic carbocycles. The predicted molar refractivity (Wildman–Crippen MR) is 97.1 cm³/mol. The first-order valence-corrected chi connectivity index (χ1v) is 10.3. The van der Waals surface area contributed by atoms with Gasteiger partial charge in [0, 0.05) is 27.7 Å². The van der Waals surface area contributed by atoms with Crippen LogP contribution in [0.15, 0.2) is 29.3 Å². The summed E-state index contributed by atoms with van der Waals surface area (Å²) in [5, 5.41) is 0.706. The molecule has 2 heterocycles. The van der Waals surface area contributed by atoms with Gasteiger partial charge >= 0.3 is 0 Å². The van der Waals surface area contributed by atoms with Gasteiger partial charge in [0.05, 0.1) is 10.3 Å². The number of thioether (sulfide) groups is 2. The van der Waals surface area contributed by atoms with Crippen LogP contribution >= 0.6 is 35.1 Å². The summed E-state index contributed by atoms with van der Waals surface area (Å²) >= 11 is 10.1. The van der Waals surface area contributed by atoms with Crippen molar-refractivity contribution in [2.45, 2.75) is 30.3 Å². The average molecular weight is 366 g/mol. The van der Waals surface area contributed by atoms with Gasteiger partial charge < -0.3 is 0 Å². The van der Waals surface area contributed by atoms with Crippen molar-refractivity contribution in [1.29, 1.82) is 0 Å². The summed E-state index contributed by atoms with van der Waals surface area (Å²) in [6.45, 7) is 0. The van der Waals surface area contributed by atoms with E-state index < -0.39 is 0 Å². The highest BCUT2D eigenvalue weighted by atomic mass is 35.5. The summed E-state index contributed by atoms with van der Waals surface area (Å²) in [7, 11) is 0. The normalized spacial score (nSPS) is 22.2. The maximum Gasteiger partial charge on any atom is 0.261 e. The molecular formula is C17H16ClNO2S2. The van der Waals surface area contributed by atoms with E-state index in [-0.39, 0.29) is 16.4 Å². The predicted octanol–water partition coefficient (Wildman–Crippen LogP) is 4.56. The first-order chi connectivity index (χ1) is 11.2. The lowest BCUT2D eigenvalue weighted by Gasteiger charge is -2.18. The molecule has 2 aliphatic heterocycles. The van der Waals surface area contributed by atoms with Crippen molar-refractivity contribution in [3.8, 4) is 0 Å². The minimum absolute atomic E-state index is 0.135. The van der Waals surface area contributed by atoms with E-state index in [1.165, 1.54) is 4.90 Å². The van der Waals surface area contributed by atoms with Crippen molar-refractivity contribution in [2.75, 3.05) is 16.4 Å². The van der Waals surface area contributed by atoms with Gasteiger partial charge in [-0.25, -0.2) is 4.90 Å². The molecule has 23 heavy (non-hydrogen) atoms. The zero-order valence-electron chi connectivity index (χ0n) is 12.5. The van der Waals surface area contributed by atoms with Crippen LogP contribution in [-0.2, 0) is 9.59 Å². The molecule has 3 aliphatic rings. The van der Waals surface area contributed by atoms with Crippen LogP contribution in [0.4, 0.5) is 5.69 Å². The monoisotopic (exact) mass is 365 g/mol. The molecule has 0 spiro atoms. The maximum absolute atomic E-state index is 12.7. The average Bonchev–Trinajstić information content (AvgIpc) is 3.17. The zero-order valence-corrected chi connectivity index (χ0v) is 14.9. The van der Waals surface area contributed by atoms with Gasteiger partial charge in [0.15, 0.2) is 0 Å². The Balaban J connectivity index is 1.70. The Hall–Kier alpha value is -0.910. The molecule has 3 nitrogen and oxygen atoms in total. The lowest BCUT2D eigenvalue weighted by atomic mass is 9.93. The highest BCUT2D eigenvalue weighted by Crippen LogP contribution is 2.48. The third kappa shape index (κ3) is 2.63. The molecule has 1 aromatic rings. The summed E-state index contributed by atoms with van der Waals surface area (Å²) in [4.78, 5) is 26.7. The molecule has 0 N–H and O–H groups in total. The van der Waals surface area contributed by atoms with Gasteiger partial charge in [0.25, 0.3) is 11.8 Å². The highest BCUT2D eigenvalue weighted by Gasteiger charge is 2.40. The van der Waals surface area contributed by atoms with Crippen molar-refractivity contribution >= 4 is 52.6 Å². The third-order valence-electron chi connectivity index (χ3n) is 4.50. The van der Waals surface area contributed by atoms with Gasteiger partial charge in [-0.2, -0.15) is 0 Å². The fourth-order valence-electron chi connectivity index (χ4n) is 3.36. The minimum atomic E-state index is -0.135. The van der Waals surface area contributed by atoms with Gasteiger partial charge in [0.2, 0.25) is 0 Å². The fourth-order valence-corrected chi connectivity index (χ4v) is 6.63. The third-order valence-corrected chi connectivity index (χ3v) is 7.92. The second-order valence-electron chi connectivity index (χ2n) is 5.89. The van der Waals surface area contributed by atoms with E-state index in [4.69, 9.17) is 11.6 Å². The van der Waals surface area contributed by atoms with Crippen LogP contribution in [0.5, 0.6) is 0 Å². The van der Waals surface area contributed by atoms with Gasteiger partial charge in [-0.05, 0) is 49.4 Å². The summed E-state index contributed by atoms with van der Waals surface area (Å²) in [6, 6.07) is 5.51. The van der Waals surface area contributed by atoms with Crippen LogP contribution in [0.1, 0.15) is 35.8 Å². The second-order valence-corrected chi connectivity index (χ2v) is 9.02. The molecule has 0 aromatic heterocycles. The maximum atomic E-state index is 12.7. The number of imide groups is 1. The number of nitrogens with zero attached hydrogens (tertiary/aromatic N) is 1. The molecule has 4 rings (SSSR count). The van der Waals surface area contributed by atoms with Gasteiger partial charge in [-0.3, -0.25) is 9.59 Å². The number of rotatable bonds is 2. The quantitative estimate of drug-likeness (QED) is 0.720. The Morgan fingerprint density at radius 3 is 2.22 bits per heavy atom. The van der Waals surface area contributed by atoms with Crippen molar-refractivity contribution in [1.82, 2.24) is 0 Å². The first kappa shape index (κ1) is 15.6. The number of hydrogen-bond donors (Lipinski definition) is 0. The summed E-state index contributed by atoms with van der Waals surface area (Å²) < 4.78 is 0.290. The number of anilines is 1. The second kappa shape index (κ2) is 6.19. The van der Waals surface area contributed by atoms with E-state index >= 15 is 0 Å². The Bertz CT molecular complexity index is 697. The van der Waals surface area contributed by atoms with Gasteiger partial charge in [-0.15, -0.1) is 23.5 Å². The Morgan fingerprint density at radius 2 is 1.61 bits per heavy atom. The molecule has 6 heteroatoms. The highest BCUT2D eigenvalue weighted by molar-refractivity contribution is 8.19. The molecule has 1 saturated heterocycles. The lowest BCUT2D eigenvalue weighted by molar-refractivity contribution is -0.120. The fraction of sp³-hybridized carbons (Fsp3) is 0.412. The van der Waals surface area contributed by atoms with E-state index in [1.807, 2.05) is 35.7 Å². The van der Waals surface area contributed by atoms with E-state index in [1.54, 1.807) is 6.07 Å². The van der Waals surface area contributed by atoms with Crippen LogP contribution in [0, 0.1) is 0 Å². The van der Waals surface area contributed by atoms with Gasteiger partial charge in [0.1, 0.15) is 0 Å². The molecule has 1 fully saturated rings. The van der Waals surface area contributed by atoms with Crippen molar-refractivity contribution in [3.05, 3.63) is 39.9 Å². The smallest absolute Gasteiger partial charge is 0.261 e. The SMILES string of the molecule is O=C1C2=C(CCCC2)C(=O)N1c1ccc(Cl)c(C2SCCS2)c1. The topological polar surface area (TPSA) is 37.4 Å². The number of benzene rings is 1. The standard InChI is InChI=1S/C17H16ClNO2S2/c18-14-6-5-10(9-13(14)17-22-7-8-23-17)19-15(20)11-3-1-2-4-12(11)16(19)21/h5-6,9,17H,1-4,7-8H2. The first-order valence-electron chi connectivity index (χ1n) is 7.80. The van der Waals surface area contributed by atoms with Gasteiger partial charge in [-0.1, -0.05) is 11.6 Å². The van der Waals surface area contributed by atoms with Crippen LogP contribution in [-0.4, -0.2) is 23.3 Å². The number of hydrogen-bond acceptors (Lipinski definition) is 4. The number of amides is 2. The molecule has 120 valence electrons. The lowest BCUT2D eigenvalue weighted by Crippen LogP contribution is -2.31. The molecule has 1 aromatic carbocycles. The summed E-state index contributed by atoms with van der Waals surface area (Å²) in [5.74, 6) is 1.94. The van der Waals surface area contributed by atoms with E-state index in [2.05, 4.69) is 0 Å². The molecule has 0 unspecified atom stereocenters.